The smallest absolute Gasteiger partial charge is 0.307 e. The van der Waals surface area contributed by atoms with E-state index in [9.17, 15) is 14.3 Å². The fraction of sp³-hybridized carbons (Fsp3) is 0.438. The highest BCUT2D eigenvalue weighted by Gasteiger charge is 2.61. The molecule has 6 rings (SSSR count). The number of aromatic nitrogens is 1. The Morgan fingerprint density at radius 2 is 1.92 bits per heavy atom. The van der Waals surface area contributed by atoms with E-state index in [-0.39, 0.29) is 29.3 Å². The topological polar surface area (TPSA) is 59.4 Å². The van der Waals surface area contributed by atoms with E-state index in [1.165, 1.54) is 17.8 Å². The molecule has 2 fully saturated rings. The lowest BCUT2D eigenvalue weighted by Gasteiger charge is -2.30. The number of hydrogen-bond acceptors (Lipinski definition) is 3. The van der Waals surface area contributed by atoms with Crippen molar-refractivity contribution < 1.29 is 23.4 Å². The van der Waals surface area contributed by atoms with E-state index in [4.69, 9.17) is 4.74 Å². The molecule has 2 aromatic carbocycles. The molecule has 4 nitrogen and oxygen atoms in total. The van der Waals surface area contributed by atoms with Gasteiger partial charge in [0.2, 0.25) is 0 Å². The van der Waals surface area contributed by atoms with Crippen molar-refractivity contribution >= 4 is 5.97 Å². The van der Waals surface area contributed by atoms with Crippen LogP contribution >= 0.6 is 0 Å². The van der Waals surface area contributed by atoms with Gasteiger partial charge in [0, 0.05) is 22.2 Å². The molecule has 0 amide bonds. The highest BCUT2D eigenvalue weighted by molar-refractivity contribution is 5.78. The van der Waals surface area contributed by atoms with E-state index in [1.54, 1.807) is 6.07 Å². The van der Waals surface area contributed by atoms with Gasteiger partial charge in [-0.25, -0.2) is 8.78 Å². The molecular formula is C32H33F2NO3. The number of pyridine rings is 1. The molecule has 2 saturated carbocycles. The monoisotopic (exact) mass is 517 g/mol. The normalized spacial score (nSPS) is 25.0. The second-order valence-electron chi connectivity index (χ2n) is 12.1. The maximum Gasteiger partial charge on any atom is 0.307 e. The summed E-state index contributed by atoms with van der Waals surface area (Å²) in [5.41, 5.74) is 5.01. The van der Waals surface area contributed by atoms with Crippen molar-refractivity contribution in [3.8, 4) is 16.9 Å². The first-order chi connectivity index (χ1) is 18.1. The number of aryl methyl sites for hydroxylation is 2. The quantitative estimate of drug-likeness (QED) is 0.368. The molecule has 198 valence electrons. The molecule has 3 aliphatic carbocycles. The zero-order valence-electron chi connectivity index (χ0n) is 22.1. The van der Waals surface area contributed by atoms with Crippen LogP contribution < -0.4 is 4.74 Å². The van der Waals surface area contributed by atoms with E-state index in [1.807, 2.05) is 31.2 Å². The first kappa shape index (κ1) is 25.0. The fourth-order valence-electron chi connectivity index (χ4n) is 7.11. The number of hydrogen-bond donors (Lipinski definition) is 1. The first-order valence-electron chi connectivity index (χ1n) is 13.5. The van der Waals surface area contributed by atoms with Crippen molar-refractivity contribution in [2.75, 3.05) is 0 Å². The molecule has 0 unspecified atom stereocenters. The molecule has 3 aliphatic rings. The summed E-state index contributed by atoms with van der Waals surface area (Å²) in [5, 5.41) is 9.55. The summed E-state index contributed by atoms with van der Waals surface area (Å²) in [5.74, 6) is -1.18. The second-order valence-corrected chi connectivity index (χ2v) is 12.1. The molecule has 0 saturated heterocycles. The van der Waals surface area contributed by atoms with Gasteiger partial charge in [-0.1, -0.05) is 26.3 Å². The standard InChI is InChI=1S/C32H33F2NO3/c1-18-11-24(29(34)16-35-18)22-14-28(33)20(12-23(22)25-5-4-9-31(25,2)3)17-38-21-7-6-19-8-10-32(26(19)13-21)15-27(32)30(36)37/h6-7,11-14,16,25,27H,4-5,8-10,15,17H2,1-3H3,(H,36,37)/t25-,27+,32+/m1/s1. The first-order valence-corrected chi connectivity index (χ1v) is 13.5. The molecular weight excluding hydrogens is 484 g/mol. The van der Waals surface area contributed by atoms with Gasteiger partial charge in [0.05, 0.1) is 12.1 Å². The van der Waals surface area contributed by atoms with Crippen LogP contribution in [-0.2, 0) is 23.2 Å². The summed E-state index contributed by atoms with van der Waals surface area (Å²) in [4.78, 5) is 15.7. The van der Waals surface area contributed by atoms with Gasteiger partial charge in [0.25, 0.3) is 0 Å². The van der Waals surface area contributed by atoms with Gasteiger partial charge < -0.3 is 9.84 Å². The van der Waals surface area contributed by atoms with Crippen LogP contribution in [0.3, 0.4) is 0 Å². The molecule has 38 heavy (non-hydrogen) atoms. The lowest BCUT2D eigenvalue weighted by molar-refractivity contribution is -0.139. The van der Waals surface area contributed by atoms with E-state index >= 15 is 4.39 Å². The lowest BCUT2D eigenvalue weighted by atomic mass is 9.75. The Balaban J connectivity index is 1.33. The van der Waals surface area contributed by atoms with E-state index in [0.29, 0.717) is 34.6 Å². The molecule has 0 bridgehead atoms. The minimum atomic E-state index is -0.741. The van der Waals surface area contributed by atoms with Crippen molar-refractivity contribution in [3.63, 3.8) is 0 Å². The number of nitrogens with zero attached hydrogens (tertiary/aromatic N) is 1. The molecule has 3 atom stereocenters. The van der Waals surface area contributed by atoms with Crippen molar-refractivity contribution in [1.29, 1.82) is 0 Å². The molecule has 1 aromatic heterocycles. The Morgan fingerprint density at radius 3 is 2.63 bits per heavy atom. The molecule has 1 N–H and O–H groups in total. The minimum Gasteiger partial charge on any atom is -0.489 e. The van der Waals surface area contributed by atoms with Gasteiger partial charge in [-0.15, -0.1) is 0 Å². The number of benzene rings is 2. The van der Waals surface area contributed by atoms with Gasteiger partial charge in [-0.2, -0.15) is 0 Å². The van der Waals surface area contributed by atoms with E-state index in [0.717, 1.165) is 43.2 Å². The van der Waals surface area contributed by atoms with Crippen molar-refractivity contribution in [3.05, 3.63) is 82.2 Å². The summed E-state index contributed by atoms with van der Waals surface area (Å²) in [6.45, 7) is 6.30. The lowest BCUT2D eigenvalue weighted by Crippen LogP contribution is -2.17. The van der Waals surface area contributed by atoms with Crippen LogP contribution in [0.4, 0.5) is 8.78 Å². The number of aliphatic carboxylic acids is 1. The molecule has 3 aromatic rings. The fourth-order valence-corrected chi connectivity index (χ4v) is 7.11. The van der Waals surface area contributed by atoms with Gasteiger partial charge >= 0.3 is 5.97 Å². The van der Waals surface area contributed by atoms with Gasteiger partial charge in [-0.3, -0.25) is 9.78 Å². The molecule has 1 heterocycles. The summed E-state index contributed by atoms with van der Waals surface area (Å²) in [7, 11) is 0. The van der Waals surface area contributed by atoms with Crippen LogP contribution in [0.5, 0.6) is 5.75 Å². The second kappa shape index (κ2) is 8.89. The van der Waals surface area contributed by atoms with Crippen LogP contribution in [0, 0.1) is 29.9 Å². The van der Waals surface area contributed by atoms with Crippen molar-refractivity contribution in [2.24, 2.45) is 11.3 Å². The highest BCUT2D eigenvalue weighted by Crippen LogP contribution is 2.62. The van der Waals surface area contributed by atoms with E-state index in [2.05, 4.69) is 18.8 Å². The van der Waals surface area contributed by atoms with Crippen LogP contribution in [-0.4, -0.2) is 16.1 Å². The number of carboxylic acids is 1. The average Bonchev–Trinajstić information content (AvgIpc) is 3.37. The summed E-state index contributed by atoms with van der Waals surface area (Å²) in [6.07, 6.45) is 6.71. The molecule has 6 heteroatoms. The Labute approximate surface area is 222 Å². The van der Waals surface area contributed by atoms with Crippen LogP contribution in [0.15, 0.2) is 42.6 Å². The largest absolute Gasteiger partial charge is 0.489 e. The Kier molecular flexibility index (Phi) is 5.85. The Bertz CT molecular complexity index is 1450. The maximum absolute atomic E-state index is 15.5. The third-order valence-electron chi connectivity index (χ3n) is 9.36. The summed E-state index contributed by atoms with van der Waals surface area (Å²) >= 11 is 0. The van der Waals surface area contributed by atoms with Gasteiger partial charge in [0.15, 0.2) is 0 Å². The van der Waals surface area contributed by atoms with Crippen LogP contribution in [0.1, 0.15) is 79.8 Å². The predicted octanol–water partition coefficient (Wildman–Crippen LogP) is 7.50. The Hall–Kier alpha value is -3.28. The third kappa shape index (κ3) is 4.09. The molecule has 0 radical (unpaired) electrons. The predicted molar refractivity (Wildman–Crippen MR) is 141 cm³/mol. The number of rotatable bonds is 6. The summed E-state index contributed by atoms with van der Waals surface area (Å²) < 4.78 is 36.6. The zero-order valence-corrected chi connectivity index (χ0v) is 22.1. The Morgan fingerprint density at radius 1 is 1.11 bits per heavy atom. The number of halogens is 2. The average molecular weight is 518 g/mol. The number of ether oxygens (including phenoxy) is 1. The van der Waals surface area contributed by atoms with Crippen LogP contribution in [0.25, 0.3) is 11.1 Å². The van der Waals surface area contributed by atoms with Crippen molar-refractivity contribution in [2.45, 2.75) is 77.2 Å². The van der Waals surface area contributed by atoms with E-state index < -0.39 is 17.6 Å². The minimum absolute atomic E-state index is 0.0164. The SMILES string of the molecule is Cc1cc(-c2cc(F)c(COc3ccc4c(c3)[C@]3(CC4)C[C@H]3C(=O)O)cc2[C@H]2CCCC2(C)C)c(F)cn1. The van der Waals surface area contributed by atoms with Crippen molar-refractivity contribution in [1.82, 2.24) is 4.98 Å². The summed E-state index contributed by atoms with van der Waals surface area (Å²) in [6, 6.07) is 10.9. The van der Waals surface area contributed by atoms with Crippen LogP contribution in [0.2, 0.25) is 0 Å². The zero-order chi connectivity index (χ0) is 26.8. The van der Waals surface area contributed by atoms with Gasteiger partial charge in [-0.05, 0) is 103 Å². The molecule has 1 spiro atoms. The third-order valence-corrected chi connectivity index (χ3v) is 9.36. The maximum atomic E-state index is 15.5. The number of carboxylic acid groups (broad SMARTS) is 1. The molecule has 0 aliphatic heterocycles. The number of fused-ring (bicyclic) bond motifs is 2. The van der Waals surface area contributed by atoms with Gasteiger partial charge in [0.1, 0.15) is 24.0 Å². The highest BCUT2D eigenvalue weighted by atomic mass is 19.1. The number of carbonyl (C=O) groups is 1.